The van der Waals surface area contributed by atoms with E-state index in [9.17, 15) is 14.0 Å². The molecule has 1 saturated carbocycles. The van der Waals surface area contributed by atoms with Gasteiger partial charge in [-0.1, -0.05) is 6.07 Å². The lowest BCUT2D eigenvalue weighted by atomic mass is 10.1. The molecule has 4 heterocycles. The fourth-order valence-electron chi connectivity index (χ4n) is 5.50. The highest BCUT2D eigenvalue weighted by molar-refractivity contribution is 6.09. The smallest absolute Gasteiger partial charge is 0.259 e. The Hall–Kier alpha value is -4.69. The number of halogens is 1. The average Bonchev–Trinajstić information content (AvgIpc) is 3.66. The van der Waals surface area contributed by atoms with Crippen molar-refractivity contribution >= 4 is 28.7 Å². The Morgan fingerprint density at radius 1 is 1.15 bits per heavy atom. The fraction of sp³-hybridized carbons (Fsp3) is 0.286. The molecule has 196 valence electrons. The van der Waals surface area contributed by atoms with Crippen LogP contribution in [0.3, 0.4) is 0 Å². The van der Waals surface area contributed by atoms with Crippen molar-refractivity contribution in [3.8, 4) is 17.3 Å². The van der Waals surface area contributed by atoms with Crippen LogP contribution < -0.4 is 10.6 Å². The molecule has 2 unspecified atom stereocenters. The number of carbonyl (C=O) groups excluding carboxylic acids is 2. The van der Waals surface area contributed by atoms with E-state index in [-0.39, 0.29) is 17.0 Å². The van der Waals surface area contributed by atoms with Gasteiger partial charge in [0, 0.05) is 18.2 Å². The van der Waals surface area contributed by atoms with Gasteiger partial charge in [-0.05, 0) is 50.3 Å². The number of hydrogen-bond donors (Lipinski definition) is 2. The van der Waals surface area contributed by atoms with E-state index in [1.54, 1.807) is 37.5 Å². The second-order valence-electron chi connectivity index (χ2n) is 10.1. The summed E-state index contributed by atoms with van der Waals surface area (Å²) in [6.45, 7) is 3.10. The number of benzene rings is 1. The summed E-state index contributed by atoms with van der Waals surface area (Å²) in [7, 11) is 0. The van der Waals surface area contributed by atoms with Crippen molar-refractivity contribution in [2.45, 2.75) is 32.2 Å². The van der Waals surface area contributed by atoms with Gasteiger partial charge in [-0.15, -0.1) is 0 Å². The zero-order valence-corrected chi connectivity index (χ0v) is 21.2. The molecule has 4 aromatic rings. The minimum absolute atomic E-state index is 0.0512. The van der Waals surface area contributed by atoms with Crippen LogP contribution in [0.25, 0.3) is 16.8 Å². The van der Waals surface area contributed by atoms with E-state index >= 15 is 0 Å². The number of amides is 2. The second-order valence-corrected chi connectivity index (χ2v) is 10.1. The first-order chi connectivity index (χ1) is 18.9. The van der Waals surface area contributed by atoms with E-state index in [1.807, 2.05) is 0 Å². The third kappa shape index (κ3) is 4.82. The number of hydrogen-bond acceptors (Lipinski definition) is 7. The Morgan fingerprint density at radius 3 is 2.77 bits per heavy atom. The average molecular weight is 525 g/mol. The molecule has 11 heteroatoms. The van der Waals surface area contributed by atoms with Crippen LogP contribution in [-0.4, -0.2) is 55.4 Å². The lowest BCUT2D eigenvalue weighted by Gasteiger charge is -2.25. The summed E-state index contributed by atoms with van der Waals surface area (Å²) < 4.78 is 15.6. The van der Waals surface area contributed by atoms with Crippen molar-refractivity contribution in [1.82, 2.24) is 24.5 Å². The number of rotatable bonds is 6. The topological polar surface area (TPSA) is 128 Å². The van der Waals surface area contributed by atoms with Crippen molar-refractivity contribution in [1.29, 1.82) is 5.26 Å². The van der Waals surface area contributed by atoms with Gasteiger partial charge in [0.05, 0.1) is 70.7 Å². The molecule has 1 aliphatic carbocycles. The van der Waals surface area contributed by atoms with E-state index in [0.717, 1.165) is 13.0 Å². The summed E-state index contributed by atoms with van der Waals surface area (Å²) in [5.74, 6) is -0.434. The van der Waals surface area contributed by atoms with Gasteiger partial charge in [0.25, 0.3) is 5.91 Å². The van der Waals surface area contributed by atoms with E-state index in [2.05, 4.69) is 30.6 Å². The standard InChI is InChI=1S/C28H25FN8O2/c1-16-24(8-20(10-31-16)34-27(38)15-36-13-17-2-5-21(36)6-17)35-28(39)22-11-33-37-14-25(32-12-26(22)37)18-3-4-19(9-30)23(29)7-18/h3-4,7-8,10-12,14,17,21H,2,5-6,13,15H2,1H3,(H,34,38)(H,35,39). The molecule has 39 heavy (non-hydrogen) atoms. The Bertz CT molecular complexity index is 1660. The number of aromatic nitrogens is 4. The first kappa shape index (κ1) is 24.6. The Balaban J connectivity index is 1.16. The molecule has 1 saturated heterocycles. The van der Waals surface area contributed by atoms with Crippen molar-refractivity contribution in [3.63, 3.8) is 0 Å². The number of nitriles is 1. The van der Waals surface area contributed by atoms with E-state index in [1.165, 1.54) is 41.9 Å². The number of carbonyl (C=O) groups is 2. The zero-order valence-electron chi connectivity index (χ0n) is 21.2. The molecule has 2 atom stereocenters. The third-order valence-electron chi connectivity index (χ3n) is 7.52. The van der Waals surface area contributed by atoms with E-state index < -0.39 is 11.7 Å². The van der Waals surface area contributed by atoms with Crippen LogP contribution in [0.4, 0.5) is 15.8 Å². The van der Waals surface area contributed by atoms with Crippen LogP contribution >= 0.6 is 0 Å². The van der Waals surface area contributed by atoms with Gasteiger partial charge in [0.1, 0.15) is 11.9 Å². The summed E-state index contributed by atoms with van der Waals surface area (Å²) in [6.07, 6.45) is 9.68. The van der Waals surface area contributed by atoms with Crippen LogP contribution in [0, 0.1) is 30.0 Å². The molecule has 6 rings (SSSR count). The number of anilines is 2. The fourth-order valence-corrected chi connectivity index (χ4v) is 5.50. The minimum Gasteiger partial charge on any atom is -0.324 e. The van der Waals surface area contributed by atoms with Gasteiger partial charge >= 0.3 is 0 Å². The van der Waals surface area contributed by atoms with Crippen molar-refractivity contribution < 1.29 is 14.0 Å². The highest BCUT2D eigenvalue weighted by Gasteiger charge is 2.38. The van der Waals surface area contributed by atoms with E-state index in [4.69, 9.17) is 5.26 Å². The molecule has 1 aromatic carbocycles. The molecule has 1 aliphatic heterocycles. The minimum atomic E-state index is -0.636. The van der Waals surface area contributed by atoms with Crippen molar-refractivity contribution in [3.05, 3.63) is 71.7 Å². The zero-order chi connectivity index (χ0) is 27.1. The van der Waals surface area contributed by atoms with Gasteiger partial charge in [-0.25, -0.2) is 8.91 Å². The molecule has 2 N–H and O–H groups in total. The highest BCUT2D eigenvalue weighted by atomic mass is 19.1. The maximum Gasteiger partial charge on any atom is 0.259 e. The first-order valence-corrected chi connectivity index (χ1v) is 12.7. The lowest BCUT2D eigenvalue weighted by molar-refractivity contribution is -0.117. The molecular formula is C28H25FN8O2. The summed E-state index contributed by atoms with van der Waals surface area (Å²) >= 11 is 0. The van der Waals surface area contributed by atoms with Gasteiger partial charge in [0.15, 0.2) is 0 Å². The number of fused-ring (bicyclic) bond motifs is 3. The lowest BCUT2D eigenvalue weighted by Crippen LogP contribution is -2.38. The molecule has 0 spiro atoms. The van der Waals surface area contributed by atoms with Gasteiger partial charge in [0.2, 0.25) is 5.91 Å². The van der Waals surface area contributed by atoms with Crippen LogP contribution in [0.2, 0.25) is 0 Å². The highest BCUT2D eigenvalue weighted by Crippen LogP contribution is 2.37. The maximum atomic E-state index is 14.1. The molecular weight excluding hydrogens is 499 g/mol. The number of likely N-dealkylation sites (tertiary alicyclic amines) is 1. The number of nitrogens with zero attached hydrogens (tertiary/aromatic N) is 6. The number of nitrogens with one attached hydrogen (secondary N) is 2. The molecule has 2 bridgehead atoms. The maximum absolute atomic E-state index is 14.1. The number of pyridine rings is 1. The Kier molecular flexibility index (Phi) is 6.24. The van der Waals surface area contributed by atoms with Crippen molar-refractivity contribution in [2.24, 2.45) is 5.92 Å². The number of aryl methyl sites for hydroxylation is 1. The molecule has 10 nitrogen and oxygen atoms in total. The summed E-state index contributed by atoms with van der Waals surface area (Å²) in [4.78, 5) is 36.8. The molecule has 2 aliphatic rings. The quantitative estimate of drug-likeness (QED) is 0.393. The van der Waals surface area contributed by atoms with Gasteiger partial charge in [-0.2, -0.15) is 10.4 Å². The Morgan fingerprint density at radius 2 is 2.03 bits per heavy atom. The van der Waals surface area contributed by atoms with Crippen molar-refractivity contribution in [2.75, 3.05) is 23.7 Å². The SMILES string of the molecule is Cc1ncc(NC(=O)CN2CC3CCC2C3)cc1NC(=O)c1cnn2cc(-c3ccc(C#N)c(F)c3)ncc12. The first-order valence-electron chi connectivity index (χ1n) is 12.7. The number of piperidine rings is 1. The largest absolute Gasteiger partial charge is 0.324 e. The summed E-state index contributed by atoms with van der Waals surface area (Å²) in [6, 6.07) is 8.22. The van der Waals surface area contributed by atoms with E-state index in [0.29, 0.717) is 52.3 Å². The van der Waals surface area contributed by atoms with Gasteiger partial charge < -0.3 is 10.6 Å². The molecule has 2 fully saturated rings. The third-order valence-corrected chi connectivity index (χ3v) is 7.52. The van der Waals surface area contributed by atoms with Crippen LogP contribution in [0.1, 0.15) is 40.9 Å². The van der Waals surface area contributed by atoms with Gasteiger partial charge in [-0.3, -0.25) is 24.5 Å². The molecule has 3 aromatic heterocycles. The van der Waals surface area contributed by atoms with Crippen LogP contribution in [0.15, 0.2) is 49.1 Å². The monoisotopic (exact) mass is 524 g/mol. The molecule has 0 radical (unpaired) electrons. The second kappa shape index (κ2) is 9.89. The van der Waals surface area contributed by atoms with Crippen LogP contribution in [0.5, 0.6) is 0 Å². The summed E-state index contributed by atoms with van der Waals surface area (Å²) in [5, 5.41) is 19.0. The molecule has 2 amide bonds. The predicted octanol–water partition coefficient (Wildman–Crippen LogP) is 3.79. The predicted molar refractivity (Wildman–Crippen MR) is 141 cm³/mol. The Labute approximate surface area is 223 Å². The normalized spacial score (nSPS) is 18.3. The summed E-state index contributed by atoms with van der Waals surface area (Å²) in [5.41, 5.74) is 3.18. The van der Waals surface area contributed by atoms with Crippen LogP contribution in [-0.2, 0) is 4.79 Å².